The third kappa shape index (κ3) is 7.22. The number of benzene rings is 3. The van der Waals surface area contributed by atoms with Gasteiger partial charge in [0.2, 0.25) is 0 Å². The molecule has 2 N–H and O–H groups in total. The minimum atomic E-state index is -2.69. The maximum Gasteiger partial charge on any atom is 0.261 e. The van der Waals surface area contributed by atoms with Crippen LogP contribution in [0.15, 0.2) is 91.0 Å². The van der Waals surface area contributed by atoms with Crippen molar-refractivity contribution in [3.05, 3.63) is 96.6 Å². The molecule has 0 heterocycles. The van der Waals surface area contributed by atoms with E-state index in [1.165, 1.54) is 10.4 Å². The summed E-state index contributed by atoms with van der Waals surface area (Å²) in [6, 6.07) is 31.1. The van der Waals surface area contributed by atoms with Gasteiger partial charge in [-0.1, -0.05) is 133 Å². The summed E-state index contributed by atoms with van der Waals surface area (Å²) in [4.78, 5) is 0. The molecule has 0 saturated carbocycles. The van der Waals surface area contributed by atoms with Gasteiger partial charge in [0.25, 0.3) is 8.32 Å². The van der Waals surface area contributed by atoms with Gasteiger partial charge in [-0.25, -0.2) is 0 Å². The van der Waals surface area contributed by atoms with Crippen molar-refractivity contribution >= 4 is 18.7 Å². The van der Waals surface area contributed by atoms with E-state index in [1.54, 1.807) is 0 Å². The maximum absolute atomic E-state index is 11.3. The molecule has 0 amide bonds. The zero-order valence-corrected chi connectivity index (χ0v) is 24.9. The first-order valence-corrected chi connectivity index (χ1v) is 15.7. The normalized spacial score (nSPS) is 16.4. The lowest BCUT2D eigenvalue weighted by Crippen LogP contribution is -2.67. The first-order valence-electron chi connectivity index (χ1n) is 13.8. The van der Waals surface area contributed by atoms with Gasteiger partial charge in [-0.2, -0.15) is 0 Å². The Balaban J connectivity index is 1.69. The molecule has 0 radical (unpaired) electrons. The standard InChI is InChI=1S/C33H46O4Si/c1-25(22-36-24-28-16-10-7-11-17-28)31(34)27(3)32(35)26(2)23-37-38(33(4,5)6,29-18-12-8-13-19-29)30-20-14-9-15-21-30/h7-21,25-27,31-32,34-35H,22-24H2,1-6H3/t25-,26+,27-,31-,32+/m0/s1. The van der Waals surface area contributed by atoms with Gasteiger partial charge >= 0.3 is 0 Å². The van der Waals surface area contributed by atoms with E-state index in [0.29, 0.717) is 19.8 Å². The van der Waals surface area contributed by atoms with Gasteiger partial charge in [0.1, 0.15) is 0 Å². The van der Waals surface area contributed by atoms with Crippen LogP contribution in [-0.4, -0.2) is 44.0 Å². The molecule has 3 aromatic rings. The Morgan fingerprint density at radius 2 is 1.08 bits per heavy atom. The van der Waals surface area contributed by atoms with Crippen molar-refractivity contribution in [2.75, 3.05) is 13.2 Å². The van der Waals surface area contributed by atoms with E-state index < -0.39 is 20.5 Å². The highest BCUT2D eigenvalue weighted by Gasteiger charge is 2.50. The summed E-state index contributed by atoms with van der Waals surface area (Å²) in [6.45, 7) is 14.0. The molecule has 3 aromatic carbocycles. The number of rotatable bonds is 13. The molecule has 0 saturated heterocycles. The number of hydrogen-bond donors (Lipinski definition) is 2. The molecule has 0 fully saturated rings. The van der Waals surface area contributed by atoms with E-state index in [9.17, 15) is 10.2 Å². The maximum atomic E-state index is 11.3. The number of hydrogen-bond acceptors (Lipinski definition) is 4. The Kier molecular flexibility index (Phi) is 10.9. The molecule has 0 aliphatic carbocycles. The van der Waals surface area contributed by atoms with Crippen molar-refractivity contribution in [1.29, 1.82) is 0 Å². The van der Waals surface area contributed by atoms with Crippen LogP contribution in [0.3, 0.4) is 0 Å². The minimum Gasteiger partial charge on any atom is -0.407 e. The van der Waals surface area contributed by atoms with Crippen LogP contribution in [0.4, 0.5) is 0 Å². The zero-order chi connectivity index (χ0) is 27.8. The van der Waals surface area contributed by atoms with Gasteiger partial charge in [0.15, 0.2) is 0 Å². The summed E-state index contributed by atoms with van der Waals surface area (Å²) in [5, 5.41) is 24.6. The van der Waals surface area contributed by atoms with E-state index in [-0.39, 0.29) is 22.8 Å². The third-order valence-corrected chi connectivity index (χ3v) is 12.7. The summed E-state index contributed by atoms with van der Waals surface area (Å²) >= 11 is 0. The summed E-state index contributed by atoms with van der Waals surface area (Å²) in [5.74, 6) is -0.574. The molecular weight excluding hydrogens is 488 g/mol. The van der Waals surface area contributed by atoms with Crippen molar-refractivity contribution in [2.45, 2.75) is 65.4 Å². The van der Waals surface area contributed by atoms with Crippen LogP contribution in [0.1, 0.15) is 47.1 Å². The second-order valence-corrected chi connectivity index (χ2v) is 16.1. The minimum absolute atomic E-state index is 0.104. The first-order chi connectivity index (χ1) is 18.1. The molecule has 0 unspecified atom stereocenters. The Morgan fingerprint density at radius 1 is 0.658 bits per heavy atom. The number of aliphatic hydroxyl groups is 2. The molecule has 0 aliphatic rings. The third-order valence-electron chi connectivity index (χ3n) is 7.72. The second-order valence-electron chi connectivity index (χ2n) is 11.8. The van der Waals surface area contributed by atoms with Crippen molar-refractivity contribution < 1.29 is 19.4 Å². The van der Waals surface area contributed by atoms with E-state index in [1.807, 2.05) is 63.2 Å². The molecule has 5 atom stereocenters. The predicted molar refractivity (Wildman–Crippen MR) is 159 cm³/mol. The summed E-state index contributed by atoms with van der Waals surface area (Å²) in [5.41, 5.74) is 1.11. The van der Waals surface area contributed by atoms with E-state index >= 15 is 0 Å². The van der Waals surface area contributed by atoms with E-state index in [2.05, 4.69) is 69.3 Å². The van der Waals surface area contributed by atoms with Crippen molar-refractivity contribution in [1.82, 2.24) is 0 Å². The highest BCUT2D eigenvalue weighted by atomic mass is 28.4. The lowest BCUT2D eigenvalue weighted by molar-refractivity contribution is -0.0547. The average Bonchev–Trinajstić information content (AvgIpc) is 2.93. The van der Waals surface area contributed by atoms with Crippen LogP contribution in [0.5, 0.6) is 0 Å². The van der Waals surface area contributed by atoms with Crippen LogP contribution in [0.25, 0.3) is 0 Å². The SMILES string of the molecule is C[C@@H]([C@@H](O)[C@@H](C)COCc1ccccc1)[C@H](O)[C@H](C)CO[Si](c1ccccc1)(c1ccccc1)C(C)(C)C. The van der Waals surface area contributed by atoms with Gasteiger partial charge in [-0.05, 0) is 21.0 Å². The molecule has 4 nitrogen and oxygen atoms in total. The van der Waals surface area contributed by atoms with Gasteiger partial charge in [0.05, 0.1) is 25.4 Å². The fourth-order valence-electron chi connectivity index (χ4n) is 5.39. The van der Waals surface area contributed by atoms with Crippen LogP contribution in [0.2, 0.25) is 5.04 Å². The summed E-state index contributed by atoms with van der Waals surface area (Å²) in [6.07, 6.45) is -1.39. The van der Waals surface area contributed by atoms with Crippen LogP contribution in [0, 0.1) is 17.8 Å². The van der Waals surface area contributed by atoms with Crippen LogP contribution < -0.4 is 10.4 Å². The Bertz CT molecular complexity index is 1030. The van der Waals surface area contributed by atoms with Gasteiger partial charge in [0, 0.05) is 24.4 Å². The Morgan fingerprint density at radius 3 is 1.53 bits per heavy atom. The van der Waals surface area contributed by atoms with Crippen LogP contribution >= 0.6 is 0 Å². The van der Waals surface area contributed by atoms with Gasteiger partial charge in [-0.15, -0.1) is 0 Å². The fraction of sp³-hybridized carbons (Fsp3) is 0.455. The van der Waals surface area contributed by atoms with E-state index in [0.717, 1.165) is 5.56 Å². The van der Waals surface area contributed by atoms with Crippen molar-refractivity contribution in [3.8, 4) is 0 Å². The summed E-state index contributed by atoms with van der Waals surface area (Å²) < 4.78 is 12.9. The number of ether oxygens (including phenoxy) is 1. The van der Waals surface area contributed by atoms with E-state index in [4.69, 9.17) is 9.16 Å². The summed E-state index contributed by atoms with van der Waals surface area (Å²) in [7, 11) is -2.69. The Hall–Kier alpha value is -2.28. The monoisotopic (exact) mass is 534 g/mol. The molecule has 0 bridgehead atoms. The van der Waals surface area contributed by atoms with Gasteiger partial charge in [-0.3, -0.25) is 0 Å². The van der Waals surface area contributed by atoms with Crippen molar-refractivity contribution in [3.63, 3.8) is 0 Å². The molecule has 0 aromatic heterocycles. The second kappa shape index (κ2) is 13.7. The average molecular weight is 535 g/mol. The van der Waals surface area contributed by atoms with Gasteiger partial charge < -0.3 is 19.4 Å². The zero-order valence-electron chi connectivity index (χ0n) is 23.9. The molecule has 206 valence electrons. The smallest absolute Gasteiger partial charge is 0.261 e. The first kappa shape index (κ1) is 30.3. The highest BCUT2D eigenvalue weighted by Crippen LogP contribution is 2.37. The van der Waals surface area contributed by atoms with Crippen molar-refractivity contribution in [2.24, 2.45) is 17.8 Å². The lowest BCUT2D eigenvalue weighted by atomic mass is 9.85. The topological polar surface area (TPSA) is 58.9 Å². The molecular formula is C33H46O4Si. The van der Waals surface area contributed by atoms with Crippen LogP contribution in [-0.2, 0) is 15.8 Å². The molecule has 5 heteroatoms. The quantitative estimate of drug-likeness (QED) is 0.288. The molecule has 38 heavy (non-hydrogen) atoms. The molecule has 3 rings (SSSR count). The fourth-order valence-corrected chi connectivity index (χ4v) is 10.1. The predicted octanol–water partition coefficient (Wildman–Crippen LogP) is 5.41. The largest absolute Gasteiger partial charge is 0.407 e. The highest BCUT2D eigenvalue weighted by molar-refractivity contribution is 6.99. The lowest BCUT2D eigenvalue weighted by Gasteiger charge is -2.44. The Labute approximate surface area is 230 Å². The molecule has 0 aliphatic heterocycles. The molecule has 0 spiro atoms. The number of aliphatic hydroxyl groups excluding tert-OH is 2.